The summed E-state index contributed by atoms with van der Waals surface area (Å²) in [4.78, 5) is 28.5. The fourth-order valence-corrected chi connectivity index (χ4v) is 3.27. The molecule has 2 amide bonds. The van der Waals surface area contributed by atoms with Gasteiger partial charge >= 0.3 is 11.8 Å². The summed E-state index contributed by atoms with van der Waals surface area (Å²) in [5.74, 6) is -1.29. The normalized spacial score (nSPS) is 11.9. The summed E-state index contributed by atoms with van der Waals surface area (Å²) in [7, 11) is 0. The molecule has 0 bridgehead atoms. The maximum atomic E-state index is 12.0. The summed E-state index contributed by atoms with van der Waals surface area (Å²) in [6.45, 7) is 3.81. The third kappa shape index (κ3) is 4.03. The van der Waals surface area contributed by atoms with E-state index in [1.54, 1.807) is 17.4 Å². The van der Waals surface area contributed by atoms with Crippen LogP contribution in [0, 0.1) is 0 Å². The molecule has 0 spiro atoms. The van der Waals surface area contributed by atoms with Crippen molar-refractivity contribution < 1.29 is 9.59 Å². The fraction of sp³-hybridized carbons (Fsp3) is 0.211. The van der Waals surface area contributed by atoms with E-state index in [2.05, 4.69) is 15.6 Å². The van der Waals surface area contributed by atoms with Crippen molar-refractivity contribution in [2.45, 2.75) is 26.3 Å². The van der Waals surface area contributed by atoms with Crippen LogP contribution in [-0.2, 0) is 9.59 Å². The summed E-state index contributed by atoms with van der Waals surface area (Å²) in [6.07, 6.45) is 0.770. The third-order valence-electron chi connectivity index (χ3n) is 3.86. The Kier molecular flexibility index (Phi) is 5.09. The number of hydrogen-bond donors (Lipinski definition) is 2. The topological polar surface area (TPSA) is 71.1 Å². The van der Waals surface area contributed by atoms with E-state index in [0.717, 1.165) is 27.2 Å². The number of rotatable bonds is 4. The van der Waals surface area contributed by atoms with Crippen LogP contribution >= 0.6 is 11.3 Å². The maximum absolute atomic E-state index is 12.0. The van der Waals surface area contributed by atoms with Gasteiger partial charge in [-0.3, -0.25) is 9.59 Å². The minimum atomic E-state index is -0.665. The Morgan fingerprint density at radius 2 is 1.92 bits per heavy atom. The molecule has 25 heavy (non-hydrogen) atoms. The van der Waals surface area contributed by atoms with Crippen molar-refractivity contribution in [3.63, 3.8) is 0 Å². The number of aromatic nitrogens is 1. The second-order valence-electron chi connectivity index (χ2n) is 5.80. The van der Waals surface area contributed by atoms with Crippen LogP contribution in [0.1, 0.15) is 20.3 Å². The molecule has 3 rings (SSSR count). The molecule has 6 heteroatoms. The maximum Gasteiger partial charge on any atom is 0.313 e. The Morgan fingerprint density at radius 3 is 2.68 bits per heavy atom. The Balaban J connectivity index is 1.77. The lowest BCUT2D eigenvalue weighted by molar-refractivity contribution is -0.136. The van der Waals surface area contributed by atoms with Gasteiger partial charge in [0.05, 0.1) is 10.2 Å². The van der Waals surface area contributed by atoms with E-state index in [4.69, 9.17) is 0 Å². The molecule has 0 fully saturated rings. The predicted octanol–water partition coefficient (Wildman–Crippen LogP) is 3.82. The molecular weight excluding hydrogens is 334 g/mol. The van der Waals surface area contributed by atoms with E-state index < -0.39 is 11.8 Å². The molecule has 2 N–H and O–H groups in total. The molecule has 0 saturated heterocycles. The van der Waals surface area contributed by atoms with E-state index in [0.29, 0.717) is 5.69 Å². The highest BCUT2D eigenvalue weighted by Crippen LogP contribution is 2.31. The first-order valence-corrected chi connectivity index (χ1v) is 8.96. The fourth-order valence-electron chi connectivity index (χ4n) is 2.30. The minimum absolute atomic E-state index is 0.0349. The minimum Gasteiger partial charge on any atom is -0.345 e. The van der Waals surface area contributed by atoms with Gasteiger partial charge in [-0.15, -0.1) is 11.3 Å². The smallest absolute Gasteiger partial charge is 0.313 e. The molecule has 5 nitrogen and oxygen atoms in total. The van der Waals surface area contributed by atoms with Crippen LogP contribution in [0.25, 0.3) is 20.8 Å². The first kappa shape index (κ1) is 17.1. The highest BCUT2D eigenvalue weighted by molar-refractivity contribution is 7.21. The van der Waals surface area contributed by atoms with Crippen LogP contribution in [0.15, 0.2) is 48.5 Å². The van der Waals surface area contributed by atoms with Gasteiger partial charge in [-0.2, -0.15) is 0 Å². The van der Waals surface area contributed by atoms with Crippen molar-refractivity contribution in [2.24, 2.45) is 0 Å². The number of para-hydroxylation sites is 1. The standard InChI is InChI=1S/C19H19N3O2S/c1-3-12(2)20-17(23)18(24)21-14-8-6-7-13(11-14)19-22-15-9-4-5-10-16(15)25-19/h4-12H,3H2,1-2H3,(H,20,23)(H,21,24). The van der Waals surface area contributed by atoms with Crippen LogP contribution in [0.4, 0.5) is 5.69 Å². The number of anilines is 1. The summed E-state index contributed by atoms with van der Waals surface area (Å²) in [6, 6.07) is 15.3. The van der Waals surface area contributed by atoms with Crippen molar-refractivity contribution in [3.8, 4) is 10.6 Å². The molecule has 1 aromatic heterocycles. The van der Waals surface area contributed by atoms with Gasteiger partial charge in [0.1, 0.15) is 5.01 Å². The van der Waals surface area contributed by atoms with Crippen LogP contribution < -0.4 is 10.6 Å². The molecule has 1 unspecified atom stereocenters. The highest BCUT2D eigenvalue weighted by Gasteiger charge is 2.16. The molecule has 0 aliphatic heterocycles. The molecule has 0 aliphatic rings. The van der Waals surface area contributed by atoms with Crippen LogP contribution in [0.2, 0.25) is 0 Å². The SMILES string of the molecule is CCC(C)NC(=O)C(=O)Nc1cccc(-c2nc3ccccc3s2)c1. The molecule has 0 saturated carbocycles. The van der Waals surface area contributed by atoms with Crippen molar-refractivity contribution in [1.29, 1.82) is 0 Å². The second kappa shape index (κ2) is 7.44. The molecule has 0 radical (unpaired) electrons. The zero-order chi connectivity index (χ0) is 17.8. The van der Waals surface area contributed by atoms with Gasteiger partial charge in [0.15, 0.2) is 0 Å². The number of fused-ring (bicyclic) bond motifs is 1. The van der Waals surface area contributed by atoms with E-state index in [9.17, 15) is 9.59 Å². The van der Waals surface area contributed by atoms with E-state index >= 15 is 0 Å². The summed E-state index contributed by atoms with van der Waals surface area (Å²) < 4.78 is 1.11. The van der Waals surface area contributed by atoms with Gasteiger partial charge in [-0.25, -0.2) is 4.98 Å². The summed E-state index contributed by atoms with van der Waals surface area (Å²) >= 11 is 1.59. The lowest BCUT2D eigenvalue weighted by Gasteiger charge is -2.11. The van der Waals surface area contributed by atoms with E-state index in [1.807, 2.05) is 56.3 Å². The van der Waals surface area contributed by atoms with Gasteiger partial charge in [0, 0.05) is 17.3 Å². The zero-order valence-electron chi connectivity index (χ0n) is 14.1. The Hall–Kier alpha value is -2.73. The van der Waals surface area contributed by atoms with Gasteiger partial charge in [-0.1, -0.05) is 31.2 Å². The number of nitrogens with zero attached hydrogens (tertiary/aromatic N) is 1. The molecule has 1 atom stereocenters. The van der Waals surface area contributed by atoms with E-state index in [1.165, 1.54) is 0 Å². The van der Waals surface area contributed by atoms with Gasteiger partial charge in [0.25, 0.3) is 0 Å². The van der Waals surface area contributed by atoms with Gasteiger partial charge in [-0.05, 0) is 37.6 Å². The lowest BCUT2D eigenvalue weighted by atomic mass is 10.2. The number of carbonyl (C=O) groups excluding carboxylic acids is 2. The number of carbonyl (C=O) groups is 2. The third-order valence-corrected chi connectivity index (χ3v) is 4.94. The quantitative estimate of drug-likeness (QED) is 0.701. The largest absolute Gasteiger partial charge is 0.345 e. The Labute approximate surface area is 150 Å². The van der Waals surface area contributed by atoms with Crippen molar-refractivity contribution in [2.75, 3.05) is 5.32 Å². The van der Waals surface area contributed by atoms with Gasteiger partial charge in [0.2, 0.25) is 0 Å². The Morgan fingerprint density at radius 1 is 1.12 bits per heavy atom. The monoisotopic (exact) mass is 353 g/mol. The number of hydrogen-bond acceptors (Lipinski definition) is 4. The first-order chi connectivity index (χ1) is 12.1. The number of amides is 2. The Bertz CT molecular complexity index is 887. The number of benzene rings is 2. The van der Waals surface area contributed by atoms with Crippen molar-refractivity contribution in [3.05, 3.63) is 48.5 Å². The first-order valence-electron chi connectivity index (χ1n) is 8.14. The molecule has 1 heterocycles. The second-order valence-corrected chi connectivity index (χ2v) is 6.84. The molecule has 128 valence electrons. The molecule has 2 aromatic carbocycles. The number of thiazole rings is 1. The van der Waals surface area contributed by atoms with Crippen LogP contribution in [-0.4, -0.2) is 22.8 Å². The molecular formula is C19H19N3O2S. The summed E-state index contributed by atoms with van der Waals surface area (Å²) in [5, 5.41) is 6.17. The average Bonchev–Trinajstić information content (AvgIpc) is 3.06. The summed E-state index contributed by atoms with van der Waals surface area (Å²) in [5.41, 5.74) is 2.42. The lowest BCUT2D eigenvalue weighted by Crippen LogP contribution is -2.40. The average molecular weight is 353 g/mol. The predicted molar refractivity (Wildman–Crippen MR) is 102 cm³/mol. The number of nitrogens with one attached hydrogen (secondary N) is 2. The van der Waals surface area contributed by atoms with Gasteiger partial charge < -0.3 is 10.6 Å². The zero-order valence-corrected chi connectivity index (χ0v) is 14.9. The van der Waals surface area contributed by atoms with Crippen molar-refractivity contribution >= 4 is 39.1 Å². The van der Waals surface area contributed by atoms with Crippen LogP contribution in [0.5, 0.6) is 0 Å². The van der Waals surface area contributed by atoms with Crippen molar-refractivity contribution in [1.82, 2.24) is 10.3 Å². The highest BCUT2D eigenvalue weighted by atomic mass is 32.1. The van der Waals surface area contributed by atoms with Crippen LogP contribution in [0.3, 0.4) is 0 Å². The molecule has 3 aromatic rings. The van der Waals surface area contributed by atoms with E-state index in [-0.39, 0.29) is 6.04 Å². The molecule has 0 aliphatic carbocycles.